The Morgan fingerprint density at radius 3 is 2.41 bits per heavy atom. The number of rotatable bonds is 4. The predicted octanol–water partition coefficient (Wildman–Crippen LogP) is 5.80. The number of nitrogens with one attached hydrogen (secondary N) is 2. The van der Waals surface area contributed by atoms with Crippen molar-refractivity contribution < 1.29 is 18.7 Å². The van der Waals surface area contributed by atoms with Crippen molar-refractivity contribution >= 4 is 46.7 Å². The first-order valence-corrected chi connectivity index (χ1v) is 9.64. The van der Waals surface area contributed by atoms with Gasteiger partial charge in [0, 0.05) is 4.90 Å². The van der Waals surface area contributed by atoms with Crippen LogP contribution in [0.2, 0.25) is 5.02 Å². The van der Waals surface area contributed by atoms with E-state index in [1.807, 2.05) is 6.26 Å². The lowest BCUT2D eigenvalue weighted by Gasteiger charge is -2.20. The van der Waals surface area contributed by atoms with Crippen molar-refractivity contribution in [2.45, 2.75) is 31.3 Å². The molecule has 0 spiro atoms. The number of amides is 2. The first kappa shape index (κ1) is 21.1. The van der Waals surface area contributed by atoms with Crippen LogP contribution in [0, 0.1) is 5.82 Å². The van der Waals surface area contributed by atoms with E-state index < -0.39 is 23.4 Å². The molecule has 8 heteroatoms. The molecule has 0 heterocycles. The van der Waals surface area contributed by atoms with Crippen molar-refractivity contribution in [3.05, 3.63) is 52.8 Å². The molecule has 0 saturated carbocycles. The van der Waals surface area contributed by atoms with Gasteiger partial charge in [-0.05, 0) is 63.4 Å². The smallest absolute Gasteiger partial charge is 0.412 e. The molecule has 0 aliphatic carbocycles. The van der Waals surface area contributed by atoms with E-state index in [9.17, 15) is 14.0 Å². The van der Waals surface area contributed by atoms with Gasteiger partial charge in [-0.3, -0.25) is 10.1 Å². The Hall–Kier alpha value is -2.25. The highest BCUT2D eigenvalue weighted by Crippen LogP contribution is 2.27. The third-order valence-corrected chi connectivity index (χ3v) is 4.34. The van der Waals surface area contributed by atoms with Crippen LogP contribution in [0.4, 0.5) is 20.6 Å². The molecule has 27 heavy (non-hydrogen) atoms. The summed E-state index contributed by atoms with van der Waals surface area (Å²) in [6.07, 6.45) is 1.16. The van der Waals surface area contributed by atoms with Crippen LogP contribution in [-0.4, -0.2) is 23.9 Å². The lowest BCUT2D eigenvalue weighted by Crippen LogP contribution is -2.27. The molecule has 5 nitrogen and oxygen atoms in total. The van der Waals surface area contributed by atoms with Gasteiger partial charge in [0.05, 0.1) is 22.0 Å². The Kier molecular flexibility index (Phi) is 6.73. The fourth-order valence-corrected chi connectivity index (χ4v) is 2.78. The van der Waals surface area contributed by atoms with Gasteiger partial charge in [0.2, 0.25) is 0 Å². The van der Waals surface area contributed by atoms with Gasteiger partial charge in [-0.2, -0.15) is 0 Å². The summed E-state index contributed by atoms with van der Waals surface area (Å²) in [6, 6.07) is 8.67. The molecule has 144 valence electrons. The van der Waals surface area contributed by atoms with Gasteiger partial charge in [0.25, 0.3) is 5.91 Å². The van der Waals surface area contributed by atoms with Gasteiger partial charge in [0.15, 0.2) is 0 Å². The van der Waals surface area contributed by atoms with Gasteiger partial charge >= 0.3 is 6.09 Å². The molecule has 2 N–H and O–H groups in total. The standard InChI is InChI=1S/C19H20ClFN2O3S/c1-19(2,3)26-18(25)23-15-8-5-11(21)9-16(15)22-17(24)13-10-12(27-4)6-7-14(13)20/h5-10H,1-4H3,(H,22,24)(H,23,25). The largest absolute Gasteiger partial charge is 0.444 e. The number of benzene rings is 2. The van der Waals surface area contributed by atoms with Crippen molar-refractivity contribution in [1.82, 2.24) is 0 Å². The van der Waals surface area contributed by atoms with Crippen LogP contribution < -0.4 is 10.6 Å². The molecule has 0 bridgehead atoms. The third kappa shape index (κ3) is 6.15. The van der Waals surface area contributed by atoms with Gasteiger partial charge in [-0.25, -0.2) is 9.18 Å². The molecule has 0 aromatic heterocycles. The maximum absolute atomic E-state index is 13.7. The minimum Gasteiger partial charge on any atom is -0.444 e. The van der Waals surface area contributed by atoms with E-state index in [-0.39, 0.29) is 22.0 Å². The highest BCUT2D eigenvalue weighted by Gasteiger charge is 2.19. The number of hydrogen-bond donors (Lipinski definition) is 2. The monoisotopic (exact) mass is 410 g/mol. The second-order valence-electron chi connectivity index (χ2n) is 6.62. The summed E-state index contributed by atoms with van der Waals surface area (Å²) in [5, 5.41) is 5.36. The van der Waals surface area contributed by atoms with Gasteiger partial charge < -0.3 is 10.1 Å². The molecule has 0 saturated heterocycles. The van der Waals surface area contributed by atoms with Crippen LogP contribution >= 0.6 is 23.4 Å². The molecule has 0 radical (unpaired) electrons. The van der Waals surface area contributed by atoms with Crippen LogP contribution in [0.5, 0.6) is 0 Å². The van der Waals surface area contributed by atoms with Crippen LogP contribution in [-0.2, 0) is 4.74 Å². The molecule has 0 atom stereocenters. The van der Waals surface area contributed by atoms with E-state index in [2.05, 4.69) is 10.6 Å². The number of anilines is 2. The SMILES string of the molecule is CSc1ccc(Cl)c(C(=O)Nc2cc(F)ccc2NC(=O)OC(C)(C)C)c1. The maximum Gasteiger partial charge on any atom is 0.412 e. The molecule has 2 amide bonds. The molecular formula is C19H20ClFN2O3S. The number of ether oxygens (including phenoxy) is 1. The predicted molar refractivity (Wildman–Crippen MR) is 107 cm³/mol. The van der Waals surface area contributed by atoms with Crippen molar-refractivity contribution in [2.24, 2.45) is 0 Å². The summed E-state index contributed by atoms with van der Waals surface area (Å²) < 4.78 is 18.9. The molecule has 2 rings (SSSR count). The summed E-state index contributed by atoms with van der Waals surface area (Å²) in [5.74, 6) is -1.09. The first-order chi connectivity index (χ1) is 12.6. The zero-order valence-corrected chi connectivity index (χ0v) is 16.9. The van der Waals surface area contributed by atoms with E-state index >= 15 is 0 Å². The average molecular weight is 411 g/mol. The Labute approximate surface area is 166 Å². The Bertz CT molecular complexity index is 869. The van der Waals surface area contributed by atoms with Crippen molar-refractivity contribution in [1.29, 1.82) is 0 Å². The van der Waals surface area contributed by atoms with Gasteiger partial charge in [-0.1, -0.05) is 11.6 Å². The number of carbonyl (C=O) groups excluding carboxylic acids is 2. The minimum absolute atomic E-state index is 0.0940. The van der Waals surface area contributed by atoms with Crippen molar-refractivity contribution in [2.75, 3.05) is 16.9 Å². The maximum atomic E-state index is 13.7. The fourth-order valence-electron chi connectivity index (χ4n) is 2.14. The molecule has 0 aliphatic heterocycles. The Balaban J connectivity index is 2.26. The number of carbonyl (C=O) groups is 2. The molecule has 0 fully saturated rings. The molecule has 2 aromatic rings. The van der Waals surface area contributed by atoms with Gasteiger partial charge in [0.1, 0.15) is 11.4 Å². The fraction of sp³-hybridized carbons (Fsp3) is 0.263. The van der Waals surface area contributed by atoms with Crippen molar-refractivity contribution in [3.63, 3.8) is 0 Å². The summed E-state index contributed by atoms with van der Waals surface area (Å²) >= 11 is 7.57. The summed E-state index contributed by atoms with van der Waals surface area (Å²) in [5.41, 5.74) is -0.150. The second kappa shape index (κ2) is 8.63. The van der Waals surface area contributed by atoms with Crippen LogP contribution in [0.3, 0.4) is 0 Å². The highest BCUT2D eigenvalue weighted by atomic mass is 35.5. The quantitative estimate of drug-likeness (QED) is 0.625. The van der Waals surface area contributed by atoms with Crippen molar-refractivity contribution in [3.8, 4) is 0 Å². The minimum atomic E-state index is -0.716. The molecule has 0 unspecified atom stereocenters. The highest BCUT2D eigenvalue weighted by molar-refractivity contribution is 7.98. The Morgan fingerprint density at radius 1 is 1.07 bits per heavy atom. The summed E-state index contributed by atoms with van der Waals surface area (Å²) in [7, 11) is 0. The summed E-state index contributed by atoms with van der Waals surface area (Å²) in [6.45, 7) is 5.17. The summed E-state index contributed by atoms with van der Waals surface area (Å²) in [4.78, 5) is 25.5. The number of thioether (sulfide) groups is 1. The van der Waals surface area contributed by atoms with E-state index in [1.165, 1.54) is 23.9 Å². The van der Waals surface area contributed by atoms with Crippen LogP contribution in [0.1, 0.15) is 31.1 Å². The first-order valence-electron chi connectivity index (χ1n) is 8.03. The molecule has 2 aromatic carbocycles. The van der Waals surface area contributed by atoms with E-state index in [4.69, 9.17) is 16.3 Å². The third-order valence-electron chi connectivity index (χ3n) is 3.28. The zero-order valence-electron chi connectivity index (χ0n) is 15.4. The van der Waals surface area contributed by atoms with Gasteiger partial charge in [-0.15, -0.1) is 11.8 Å². The topological polar surface area (TPSA) is 67.4 Å². The Morgan fingerprint density at radius 2 is 1.78 bits per heavy atom. The normalized spacial score (nSPS) is 11.0. The average Bonchev–Trinajstić information content (AvgIpc) is 2.56. The number of halogens is 2. The number of hydrogen-bond acceptors (Lipinski definition) is 4. The molecular weight excluding hydrogens is 391 g/mol. The second-order valence-corrected chi connectivity index (χ2v) is 7.90. The zero-order chi connectivity index (χ0) is 20.2. The lowest BCUT2D eigenvalue weighted by atomic mass is 10.2. The van der Waals surface area contributed by atoms with Crippen LogP contribution in [0.15, 0.2) is 41.3 Å². The van der Waals surface area contributed by atoms with Crippen LogP contribution in [0.25, 0.3) is 0 Å². The lowest BCUT2D eigenvalue weighted by molar-refractivity contribution is 0.0635. The molecule has 0 aliphatic rings. The van der Waals surface area contributed by atoms with E-state index in [0.29, 0.717) is 0 Å². The van der Waals surface area contributed by atoms with E-state index in [1.54, 1.807) is 39.0 Å². The van der Waals surface area contributed by atoms with E-state index in [0.717, 1.165) is 11.0 Å².